The zero-order valence-electron chi connectivity index (χ0n) is 13.4. The molecular weight excluding hydrogens is 336 g/mol. The maximum Gasteiger partial charge on any atom is 0.231 e. The Labute approximate surface area is 149 Å². The highest BCUT2D eigenvalue weighted by Gasteiger charge is 2.13. The lowest BCUT2D eigenvalue weighted by atomic mass is 10.1. The number of hydrogen-bond donors (Lipinski definition) is 1. The Morgan fingerprint density at radius 2 is 1.96 bits per heavy atom. The molecule has 25 heavy (non-hydrogen) atoms. The van der Waals surface area contributed by atoms with E-state index in [1.165, 1.54) is 0 Å². The summed E-state index contributed by atoms with van der Waals surface area (Å²) < 4.78 is 10.6. The molecule has 1 aliphatic rings. The fraction of sp³-hybridized carbons (Fsp3) is 0.158. The number of hydrogen-bond acceptors (Lipinski definition) is 5. The lowest BCUT2D eigenvalue weighted by Crippen LogP contribution is -2.12. The number of ether oxygens (including phenoxy) is 2. The number of benzene rings is 2. The van der Waals surface area contributed by atoms with Crippen LogP contribution in [0.2, 0.25) is 0 Å². The molecule has 4 rings (SSSR count). The molecule has 5 nitrogen and oxygen atoms in total. The van der Waals surface area contributed by atoms with Gasteiger partial charge in [-0.2, -0.15) is 0 Å². The van der Waals surface area contributed by atoms with E-state index in [2.05, 4.69) is 10.3 Å². The SMILES string of the molecule is O=C(CCc1ccc2c(c1)OCO2)Nc1ccc(-c2nccs2)cc1. The number of fused-ring (bicyclic) bond motifs is 1. The summed E-state index contributed by atoms with van der Waals surface area (Å²) in [6, 6.07) is 13.5. The molecule has 0 radical (unpaired) electrons. The third-order valence-electron chi connectivity index (χ3n) is 3.93. The minimum atomic E-state index is -0.0142. The van der Waals surface area contributed by atoms with Crippen LogP contribution in [0.4, 0.5) is 5.69 Å². The van der Waals surface area contributed by atoms with Gasteiger partial charge in [0, 0.05) is 29.2 Å². The van der Waals surface area contributed by atoms with E-state index in [0.717, 1.165) is 33.3 Å². The van der Waals surface area contributed by atoms with E-state index in [4.69, 9.17) is 9.47 Å². The molecule has 0 unspecified atom stereocenters. The highest BCUT2D eigenvalue weighted by atomic mass is 32.1. The van der Waals surface area contributed by atoms with Crippen LogP contribution < -0.4 is 14.8 Å². The molecule has 126 valence electrons. The molecule has 0 saturated heterocycles. The Bertz CT molecular complexity index is 876. The average molecular weight is 352 g/mol. The largest absolute Gasteiger partial charge is 0.454 e. The summed E-state index contributed by atoms with van der Waals surface area (Å²) in [6.07, 6.45) is 2.85. The number of anilines is 1. The van der Waals surface area contributed by atoms with Crippen LogP contribution in [0.25, 0.3) is 10.6 Å². The molecule has 0 bridgehead atoms. The first-order valence-electron chi connectivity index (χ1n) is 7.96. The molecule has 2 aromatic carbocycles. The normalized spacial score (nSPS) is 12.2. The zero-order valence-corrected chi connectivity index (χ0v) is 14.2. The number of aromatic nitrogens is 1. The average Bonchev–Trinajstić information content (AvgIpc) is 3.32. The fourth-order valence-corrected chi connectivity index (χ4v) is 3.28. The number of rotatable bonds is 5. The highest BCUT2D eigenvalue weighted by Crippen LogP contribution is 2.32. The number of carbonyl (C=O) groups is 1. The fourth-order valence-electron chi connectivity index (χ4n) is 2.64. The molecule has 1 aliphatic heterocycles. The highest BCUT2D eigenvalue weighted by molar-refractivity contribution is 7.13. The van der Waals surface area contributed by atoms with Gasteiger partial charge in [-0.05, 0) is 48.4 Å². The topological polar surface area (TPSA) is 60.5 Å². The zero-order chi connectivity index (χ0) is 17.1. The second-order valence-corrected chi connectivity index (χ2v) is 6.54. The van der Waals surface area contributed by atoms with Crippen molar-refractivity contribution in [3.63, 3.8) is 0 Å². The smallest absolute Gasteiger partial charge is 0.231 e. The molecule has 0 aliphatic carbocycles. The molecule has 3 aromatic rings. The Kier molecular flexibility index (Phi) is 4.35. The standard InChI is InChI=1S/C19H16N2O3S/c22-18(8-2-13-1-7-16-17(11-13)24-12-23-16)21-15-5-3-14(4-6-15)19-20-9-10-25-19/h1,3-7,9-11H,2,8,12H2,(H,21,22). The Hall–Kier alpha value is -2.86. The monoisotopic (exact) mass is 352 g/mol. The van der Waals surface area contributed by atoms with Crippen LogP contribution in [-0.2, 0) is 11.2 Å². The van der Waals surface area contributed by atoms with Crippen LogP contribution in [0.3, 0.4) is 0 Å². The minimum Gasteiger partial charge on any atom is -0.454 e. The van der Waals surface area contributed by atoms with Crippen molar-refractivity contribution in [3.8, 4) is 22.1 Å². The van der Waals surface area contributed by atoms with Gasteiger partial charge in [0.1, 0.15) is 5.01 Å². The van der Waals surface area contributed by atoms with E-state index in [0.29, 0.717) is 12.8 Å². The summed E-state index contributed by atoms with van der Waals surface area (Å²) in [7, 11) is 0. The molecule has 0 saturated carbocycles. The second-order valence-electron chi connectivity index (χ2n) is 5.65. The maximum absolute atomic E-state index is 12.2. The Morgan fingerprint density at radius 3 is 2.76 bits per heavy atom. The first kappa shape index (κ1) is 15.7. The van der Waals surface area contributed by atoms with Crippen molar-refractivity contribution in [3.05, 3.63) is 59.6 Å². The van der Waals surface area contributed by atoms with Crippen molar-refractivity contribution in [2.75, 3.05) is 12.1 Å². The molecule has 1 aromatic heterocycles. The van der Waals surface area contributed by atoms with E-state index in [1.54, 1.807) is 17.5 Å². The summed E-state index contributed by atoms with van der Waals surface area (Å²) in [4.78, 5) is 16.4. The summed E-state index contributed by atoms with van der Waals surface area (Å²) in [5, 5.41) is 5.84. The third kappa shape index (κ3) is 3.64. The summed E-state index contributed by atoms with van der Waals surface area (Å²) in [5.41, 5.74) is 2.89. The van der Waals surface area contributed by atoms with Crippen LogP contribution in [-0.4, -0.2) is 17.7 Å². The van der Waals surface area contributed by atoms with Gasteiger partial charge in [0.2, 0.25) is 12.7 Å². The van der Waals surface area contributed by atoms with Crippen molar-refractivity contribution >= 4 is 22.9 Å². The third-order valence-corrected chi connectivity index (χ3v) is 4.75. The van der Waals surface area contributed by atoms with Gasteiger partial charge in [-0.1, -0.05) is 6.07 Å². The van der Waals surface area contributed by atoms with Crippen LogP contribution in [0.15, 0.2) is 54.0 Å². The van der Waals surface area contributed by atoms with E-state index in [-0.39, 0.29) is 12.7 Å². The van der Waals surface area contributed by atoms with Crippen molar-refractivity contribution in [2.45, 2.75) is 12.8 Å². The number of nitrogens with zero attached hydrogens (tertiary/aromatic N) is 1. The van der Waals surface area contributed by atoms with Gasteiger partial charge >= 0.3 is 0 Å². The quantitative estimate of drug-likeness (QED) is 0.751. The second kappa shape index (κ2) is 6.94. The summed E-state index contributed by atoms with van der Waals surface area (Å²) >= 11 is 1.59. The summed E-state index contributed by atoms with van der Waals surface area (Å²) in [5.74, 6) is 1.49. The number of carbonyl (C=O) groups excluding carboxylic acids is 1. The molecule has 2 heterocycles. The van der Waals surface area contributed by atoms with Gasteiger partial charge in [0.15, 0.2) is 11.5 Å². The van der Waals surface area contributed by atoms with Crippen LogP contribution in [0, 0.1) is 0 Å². The van der Waals surface area contributed by atoms with Crippen molar-refractivity contribution in [2.24, 2.45) is 0 Å². The van der Waals surface area contributed by atoms with Gasteiger partial charge in [-0.25, -0.2) is 4.98 Å². The number of nitrogens with one attached hydrogen (secondary N) is 1. The molecule has 0 fully saturated rings. The van der Waals surface area contributed by atoms with Crippen LogP contribution in [0.1, 0.15) is 12.0 Å². The molecule has 6 heteroatoms. The number of aryl methyl sites for hydroxylation is 1. The van der Waals surface area contributed by atoms with Gasteiger partial charge in [0.25, 0.3) is 0 Å². The van der Waals surface area contributed by atoms with Crippen LogP contribution >= 0.6 is 11.3 Å². The first-order valence-corrected chi connectivity index (χ1v) is 8.84. The number of thiazole rings is 1. The molecule has 1 N–H and O–H groups in total. The van der Waals surface area contributed by atoms with Crippen molar-refractivity contribution in [1.82, 2.24) is 4.98 Å². The van der Waals surface area contributed by atoms with E-state index < -0.39 is 0 Å². The lowest BCUT2D eigenvalue weighted by Gasteiger charge is -2.07. The molecule has 1 amide bonds. The van der Waals surface area contributed by atoms with Gasteiger partial charge in [-0.15, -0.1) is 11.3 Å². The first-order chi connectivity index (χ1) is 12.3. The Morgan fingerprint density at radius 1 is 1.12 bits per heavy atom. The molecule has 0 atom stereocenters. The maximum atomic E-state index is 12.2. The molecule has 0 spiro atoms. The van der Waals surface area contributed by atoms with Gasteiger partial charge in [-0.3, -0.25) is 4.79 Å². The predicted molar refractivity (Wildman–Crippen MR) is 97.1 cm³/mol. The lowest BCUT2D eigenvalue weighted by molar-refractivity contribution is -0.116. The summed E-state index contributed by atoms with van der Waals surface area (Å²) in [6.45, 7) is 0.260. The van der Waals surface area contributed by atoms with E-state index in [1.807, 2.05) is 47.8 Å². The van der Waals surface area contributed by atoms with Crippen molar-refractivity contribution < 1.29 is 14.3 Å². The van der Waals surface area contributed by atoms with Crippen molar-refractivity contribution in [1.29, 1.82) is 0 Å². The molecular formula is C19H16N2O3S. The van der Waals surface area contributed by atoms with Crippen LogP contribution in [0.5, 0.6) is 11.5 Å². The minimum absolute atomic E-state index is 0.0142. The number of amides is 1. The van der Waals surface area contributed by atoms with E-state index in [9.17, 15) is 4.79 Å². The predicted octanol–water partition coefficient (Wildman–Crippen LogP) is 4.11. The Balaban J connectivity index is 1.33. The van der Waals surface area contributed by atoms with Gasteiger partial charge in [0.05, 0.1) is 0 Å². The van der Waals surface area contributed by atoms with Gasteiger partial charge < -0.3 is 14.8 Å². The van der Waals surface area contributed by atoms with E-state index >= 15 is 0 Å².